The Morgan fingerprint density at radius 1 is 1.44 bits per heavy atom. The minimum Gasteiger partial charge on any atom is -0.339 e. The van der Waals surface area contributed by atoms with Gasteiger partial charge >= 0.3 is 6.18 Å². The first kappa shape index (κ1) is 13.0. The lowest BCUT2D eigenvalue weighted by Crippen LogP contribution is -2.13. The Bertz CT molecular complexity index is 324. The lowest BCUT2D eigenvalue weighted by Gasteiger charge is -2.02. The molecule has 0 saturated heterocycles. The van der Waals surface area contributed by atoms with Crippen LogP contribution in [0.1, 0.15) is 25.1 Å². The summed E-state index contributed by atoms with van der Waals surface area (Å²) in [6, 6.07) is 0. The zero-order chi connectivity index (χ0) is 12.2. The Kier molecular flexibility index (Phi) is 4.28. The first-order valence-corrected chi connectivity index (χ1v) is 4.99. The standard InChI is InChI=1S/C9H14F3N3O/c1-6(5-13)4-8-14-7(15-16-8)2-3-9(10,11)12/h6H,2-5,13H2,1H3. The number of rotatable bonds is 5. The van der Waals surface area contributed by atoms with Crippen LogP contribution >= 0.6 is 0 Å². The Labute approximate surface area is 91.0 Å². The van der Waals surface area contributed by atoms with Gasteiger partial charge in [-0.05, 0) is 12.5 Å². The molecular formula is C9H14F3N3O. The molecule has 1 aromatic rings. The van der Waals surface area contributed by atoms with Gasteiger partial charge in [-0.2, -0.15) is 18.2 Å². The number of aryl methyl sites for hydroxylation is 1. The van der Waals surface area contributed by atoms with Crippen LogP contribution in [0.2, 0.25) is 0 Å². The van der Waals surface area contributed by atoms with E-state index in [9.17, 15) is 13.2 Å². The third kappa shape index (κ3) is 4.61. The van der Waals surface area contributed by atoms with Crippen LogP contribution in [0.15, 0.2) is 4.52 Å². The second-order valence-electron chi connectivity index (χ2n) is 3.76. The summed E-state index contributed by atoms with van der Waals surface area (Å²) < 4.78 is 40.5. The average Bonchev–Trinajstić information content (AvgIpc) is 2.61. The highest BCUT2D eigenvalue weighted by atomic mass is 19.4. The van der Waals surface area contributed by atoms with Gasteiger partial charge in [0.2, 0.25) is 5.89 Å². The number of nitrogens with two attached hydrogens (primary N) is 1. The van der Waals surface area contributed by atoms with Crippen molar-refractivity contribution < 1.29 is 17.7 Å². The van der Waals surface area contributed by atoms with Crippen molar-refractivity contribution in [3.8, 4) is 0 Å². The summed E-state index contributed by atoms with van der Waals surface area (Å²) in [7, 11) is 0. The maximum atomic E-state index is 11.9. The predicted octanol–water partition coefficient (Wildman–Crippen LogP) is 1.70. The smallest absolute Gasteiger partial charge is 0.339 e. The van der Waals surface area contributed by atoms with Gasteiger partial charge in [0.1, 0.15) is 0 Å². The van der Waals surface area contributed by atoms with Crippen molar-refractivity contribution in [1.82, 2.24) is 10.1 Å². The van der Waals surface area contributed by atoms with Gasteiger partial charge in [-0.3, -0.25) is 0 Å². The first-order valence-electron chi connectivity index (χ1n) is 4.99. The minimum atomic E-state index is -4.19. The summed E-state index contributed by atoms with van der Waals surface area (Å²) >= 11 is 0. The summed E-state index contributed by atoms with van der Waals surface area (Å²) in [5.74, 6) is 0.614. The molecule has 2 N–H and O–H groups in total. The first-order chi connectivity index (χ1) is 7.40. The predicted molar refractivity (Wildman–Crippen MR) is 50.6 cm³/mol. The summed E-state index contributed by atoms with van der Waals surface area (Å²) in [6.45, 7) is 2.37. The summed E-state index contributed by atoms with van der Waals surface area (Å²) in [5.41, 5.74) is 5.40. The molecule has 1 unspecified atom stereocenters. The summed E-state index contributed by atoms with van der Waals surface area (Å²) in [6.07, 6.45) is -4.87. The second-order valence-corrected chi connectivity index (χ2v) is 3.76. The monoisotopic (exact) mass is 237 g/mol. The van der Waals surface area contributed by atoms with Gasteiger partial charge in [-0.25, -0.2) is 0 Å². The van der Waals surface area contributed by atoms with Crippen LogP contribution in [-0.4, -0.2) is 22.9 Å². The molecule has 0 amide bonds. The molecule has 0 aliphatic heterocycles. The Balaban J connectivity index is 2.45. The third-order valence-electron chi connectivity index (χ3n) is 2.07. The molecule has 1 atom stereocenters. The molecule has 0 saturated carbocycles. The molecule has 7 heteroatoms. The molecule has 0 aliphatic rings. The minimum absolute atomic E-state index is 0.0940. The molecule has 92 valence electrons. The molecule has 1 aromatic heterocycles. The quantitative estimate of drug-likeness (QED) is 0.846. The Morgan fingerprint density at radius 2 is 2.12 bits per heavy atom. The number of hydrogen-bond donors (Lipinski definition) is 1. The van der Waals surface area contributed by atoms with E-state index in [1.54, 1.807) is 0 Å². The fourth-order valence-electron chi connectivity index (χ4n) is 1.11. The molecule has 0 spiro atoms. The van der Waals surface area contributed by atoms with Gasteiger partial charge in [-0.15, -0.1) is 0 Å². The Morgan fingerprint density at radius 3 is 2.69 bits per heavy atom. The van der Waals surface area contributed by atoms with Crippen LogP contribution in [0.5, 0.6) is 0 Å². The van der Waals surface area contributed by atoms with Crippen molar-refractivity contribution in [2.45, 2.75) is 32.4 Å². The van der Waals surface area contributed by atoms with E-state index in [0.717, 1.165) is 0 Å². The van der Waals surface area contributed by atoms with E-state index in [-0.39, 0.29) is 18.2 Å². The largest absolute Gasteiger partial charge is 0.389 e. The van der Waals surface area contributed by atoms with Crippen molar-refractivity contribution >= 4 is 0 Å². The zero-order valence-electron chi connectivity index (χ0n) is 8.92. The number of nitrogens with zero attached hydrogens (tertiary/aromatic N) is 2. The van der Waals surface area contributed by atoms with Crippen LogP contribution in [-0.2, 0) is 12.8 Å². The van der Waals surface area contributed by atoms with Crippen molar-refractivity contribution in [2.24, 2.45) is 11.7 Å². The van der Waals surface area contributed by atoms with E-state index >= 15 is 0 Å². The van der Waals surface area contributed by atoms with Crippen LogP contribution in [0.4, 0.5) is 13.2 Å². The molecule has 0 fully saturated rings. The maximum absolute atomic E-state index is 11.9. The molecule has 1 rings (SSSR count). The second kappa shape index (κ2) is 5.29. The van der Waals surface area contributed by atoms with Gasteiger partial charge in [0, 0.05) is 12.8 Å². The topological polar surface area (TPSA) is 64.9 Å². The van der Waals surface area contributed by atoms with Crippen molar-refractivity contribution in [3.05, 3.63) is 11.7 Å². The molecule has 16 heavy (non-hydrogen) atoms. The van der Waals surface area contributed by atoms with Crippen molar-refractivity contribution in [1.29, 1.82) is 0 Å². The molecule has 0 aromatic carbocycles. The van der Waals surface area contributed by atoms with E-state index in [1.165, 1.54) is 0 Å². The normalized spacial score (nSPS) is 14.1. The van der Waals surface area contributed by atoms with E-state index in [4.69, 9.17) is 10.3 Å². The van der Waals surface area contributed by atoms with Crippen LogP contribution < -0.4 is 5.73 Å². The summed E-state index contributed by atoms with van der Waals surface area (Å²) in [4.78, 5) is 3.87. The fourth-order valence-corrected chi connectivity index (χ4v) is 1.11. The number of hydrogen-bond acceptors (Lipinski definition) is 4. The molecule has 4 nitrogen and oxygen atoms in total. The van der Waals surface area contributed by atoms with E-state index in [0.29, 0.717) is 18.9 Å². The molecule has 0 radical (unpaired) electrons. The fraction of sp³-hybridized carbons (Fsp3) is 0.778. The van der Waals surface area contributed by atoms with Crippen LogP contribution in [0.25, 0.3) is 0 Å². The highest BCUT2D eigenvalue weighted by molar-refractivity contribution is 4.88. The lowest BCUT2D eigenvalue weighted by molar-refractivity contribution is -0.134. The van der Waals surface area contributed by atoms with Gasteiger partial charge in [0.15, 0.2) is 5.82 Å². The highest BCUT2D eigenvalue weighted by Crippen LogP contribution is 2.21. The van der Waals surface area contributed by atoms with E-state index in [1.807, 2.05) is 6.92 Å². The third-order valence-corrected chi connectivity index (χ3v) is 2.07. The maximum Gasteiger partial charge on any atom is 0.389 e. The molecule has 0 bridgehead atoms. The van der Waals surface area contributed by atoms with E-state index in [2.05, 4.69) is 10.1 Å². The lowest BCUT2D eigenvalue weighted by atomic mass is 10.1. The number of aromatic nitrogens is 2. The number of alkyl halides is 3. The van der Waals surface area contributed by atoms with Crippen molar-refractivity contribution in [3.63, 3.8) is 0 Å². The summed E-state index contributed by atoms with van der Waals surface area (Å²) in [5, 5.41) is 3.48. The van der Waals surface area contributed by atoms with Crippen LogP contribution in [0, 0.1) is 5.92 Å². The molecular weight excluding hydrogens is 223 g/mol. The van der Waals surface area contributed by atoms with Gasteiger partial charge in [0.25, 0.3) is 0 Å². The average molecular weight is 237 g/mol. The highest BCUT2D eigenvalue weighted by Gasteiger charge is 2.27. The van der Waals surface area contributed by atoms with Crippen LogP contribution in [0.3, 0.4) is 0 Å². The van der Waals surface area contributed by atoms with E-state index < -0.39 is 12.6 Å². The molecule has 0 aliphatic carbocycles. The van der Waals surface area contributed by atoms with Gasteiger partial charge < -0.3 is 10.3 Å². The van der Waals surface area contributed by atoms with Crippen molar-refractivity contribution in [2.75, 3.05) is 6.54 Å². The molecule has 1 heterocycles. The SMILES string of the molecule is CC(CN)Cc1nc(CCC(F)(F)F)no1. The van der Waals surface area contributed by atoms with Gasteiger partial charge in [-0.1, -0.05) is 12.1 Å². The Hall–Kier alpha value is -1.11. The zero-order valence-corrected chi connectivity index (χ0v) is 8.92. The number of halogens is 3. The van der Waals surface area contributed by atoms with Gasteiger partial charge in [0.05, 0.1) is 6.42 Å².